The van der Waals surface area contributed by atoms with Crippen LogP contribution >= 0.6 is 0 Å². The molecule has 0 spiro atoms. The summed E-state index contributed by atoms with van der Waals surface area (Å²) in [5, 5.41) is 0. The number of likely N-dealkylation sites (tertiary alicyclic amines) is 1. The predicted octanol–water partition coefficient (Wildman–Crippen LogP) is 3.10. The Morgan fingerprint density at radius 3 is 2.36 bits per heavy atom. The number of carbonyl (C=O) groups is 1. The van der Waals surface area contributed by atoms with Gasteiger partial charge in [0.05, 0.1) is 4.90 Å². The molecule has 178 valence electrons. The summed E-state index contributed by atoms with van der Waals surface area (Å²) in [4.78, 5) is 24.9. The van der Waals surface area contributed by atoms with Crippen molar-refractivity contribution in [3.63, 3.8) is 0 Å². The number of amides is 1. The van der Waals surface area contributed by atoms with Crippen LogP contribution < -0.4 is 10.3 Å². The molecule has 1 aromatic carbocycles. The van der Waals surface area contributed by atoms with Gasteiger partial charge in [-0.15, -0.1) is 4.83 Å². The number of ether oxygens (including phenoxy) is 1. The van der Waals surface area contributed by atoms with Gasteiger partial charge in [-0.1, -0.05) is 17.7 Å². The van der Waals surface area contributed by atoms with E-state index < -0.39 is 15.6 Å². The van der Waals surface area contributed by atoms with Gasteiger partial charge in [-0.25, -0.2) is 23.2 Å². The number of piperidine rings is 1. The molecule has 0 aliphatic carbocycles. The van der Waals surface area contributed by atoms with Gasteiger partial charge in [-0.3, -0.25) is 0 Å². The van der Waals surface area contributed by atoms with Crippen LogP contribution in [-0.4, -0.2) is 48.1 Å². The van der Waals surface area contributed by atoms with Gasteiger partial charge < -0.3 is 15.1 Å². The fraction of sp³-hybridized carbons (Fsp3) is 0.435. The normalized spacial score (nSPS) is 14.7. The van der Waals surface area contributed by atoms with E-state index in [2.05, 4.69) is 20.2 Å². The standard InChI is InChI=1S/C23H31N5O4S/c1-17-5-7-20(8-6-17)33(30,31)27-26-21(15-19-9-12-24-16-25-19)18-10-13-28(14-11-18)22(29)32-23(2,3)4/h5-9,12,16,26-27H,10-11,13-15H2,1-4H3. The highest BCUT2D eigenvalue weighted by Crippen LogP contribution is 2.23. The van der Waals surface area contributed by atoms with E-state index in [1.54, 1.807) is 41.4 Å². The second kappa shape index (κ2) is 10.3. The van der Waals surface area contributed by atoms with E-state index in [1.165, 1.54) is 6.33 Å². The molecule has 2 aromatic rings. The van der Waals surface area contributed by atoms with Gasteiger partial charge in [-0.2, -0.15) is 0 Å². The Morgan fingerprint density at radius 1 is 1.12 bits per heavy atom. The van der Waals surface area contributed by atoms with Crippen molar-refractivity contribution in [3.05, 3.63) is 65.4 Å². The van der Waals surface area contributed by atoms with Crippen molar-refractivity contribution in [2.45, 2.75) is 57.5 Å². The highest BCUT2D eigenvalue weighted by molar-refractivity contribution is 7.89. The first-order valence-corrected chi connectivity index (χ1v) is 12.3. The zero-order valence-electron chi connectivity index (χ0n) is 19.5. The molecule has 0 saturated carbocycles. The Kier molecular flexibility index (Phi) is 7.70. The minimum absolute atomic E-state index is 0.173. The van der Waals surface area contributed by atoms with Crippen molar-refractivity contribution in [2.24, 2.45) is 0 Å². The number of allylic oxidation sites excluding steroid dienone is 1. The fourth-order valence-electron chi connectivity index (χ4n) is 3.35. The van der Waals surface area contributed by atoms with Gasteiger partial charge in [0.1, 0.15) is 11.9 Å². The lowest BCUT2D eigenvalue weighted by Crippen LogP contribution is -2.42. The van der Waals surface area contributed by atoms with Crippen molar-refractivity contribution in [2.75, 3.05) is 13.1 Å². The van der Waals surface area contributed by atoms with Gasteiger partial charge in [0.2, 0.25) is 0 Å². The lowest BCUT2D eigenvalue weighted by atomic mass is 9.99. The fourth-order valence-corrected chi connectivity index (χ4v) is 4.22. The largest absolute Gasteiger partial charge is 0.444 e. The average molecular weight is 474 g/mol. The van der Waals surface area contributed by atoms with Gasteiger partial charge in [-0.05, 0) is 64.3 Å². The number of sulfonamides is 1. The number of aryl methyl sites for hydroxylation is 1. The second-order valence-corrected chi connectivity index (χ2v) is 10.7. The van der Waals surface area contributed by atoms with Crippen LogP contribution in [0.4, 0.5) is 4.79 Å². The highest BCUT2D eigenvalue weighted by Gasteiger charge is 2.26. The molecule has 9 nitrogen and oxygen atoms in total. The van der Waals surface area contributed by atoms with Gasteiger partial charge in [0, 0.05) is 37.1 Å². The third kappa shape index (κ3) is 7.26. The van der Waals surface area contributed by atoms with Crippen molar-refractivity contribution < 1.29 is 17.9 Å². The zero-order valence-corrected chi connectivity index (χ0v) is 20.3. The van der Waals surface area contributed by atoms with Crippen LogP contribution in [0.25, 0.3) is 0 Å². The summed E-state index contributed by atoms with van der Waals surface area (Å²) in [5.74, 6) is 0. The summed E-state index contributed by atoms with van der Waals surface area (Å²) in [6.07, 6.45) is 4.36. The van der Waals surface area contributed by atoms with Crippen LogP contribution in [0.5, 0.6) is 0 Å². The lowest BCUT2D eigenvalue weighted by Gasteiger charge is -2.32. The molecule has 2 heterocycles. The third-order valence-corrected chi connectivity index (χ3v) is 6.38. The Hall–Kier alpha value is -2.98. The summed E-state index contributed by atoms with van der Waals surface area (Å²) in [6, 6.07) is 8.42. The zero-order chi connectivity index (χ0) is 24.1. The van der Waals surface area contributed by atoms with Crippen molar-refractivity contribution in [3.8, 4) is 0 Å². The number of nitrogens with one attached hydrogen (secondary N) is 2. The number of benzene rings is 1. The topological polar surface area (TPSA) is 114 Å². The maximum atomic E-state index is 12.8. The number of aromatic nitrogens is 2. The summed E-state index contributed by atoms with van der Waals surface area (Å²) < 4.78 is 31.0. The lowest BCUT2D eigenvalue weighted by molar-refractivity contribution is 0.0235. The molecule has 1 fully saturated rings. The van der Waals surface area contributed by atoms with E-state index >= 15 is 0 Å². The predicted molar refractivity (Wildman–Crippen MR) is 124 cm³/mol. The molecule has 1 aromatic heterocycles. The van der Waals surface area contributed by atoms with Crippen LogP contribution in [0.2, 0.25) is 0 Å². The number of hydrogen-bond donors (Lipinski definition) is 2. The molecule has 1 aliphatic heterocycles. The van der Waals surface area contributed by atoms with Crippen LogP contribution in [0.3, 0.4) is 0 Å². The number of hydrogen-bond acceptors (Lipinski definition) is 7. The number of carbonyl (C=O) groups excluding carboxylic acids is 1. The minimum atomic E-state index is -3.76. The van der Waals surface area contributed by atoms with Crippen LogP contribution in [0.1, 0.15) is 44.9 Å². The van der Waals surface area contributed by atoms with E-state index in [0.29, 0.717) is 38.0 Å². The third-order valence-electron chi connectivity index (χ3n) is 5.11. The maximum absolute atomic E-state index is 12.8. The Morgan fingerprint density at radius 2 is 1.79 bits per heavy atom. The van der Waals surface area contributed by atoms with E-state index in [1.807, 2.05) is 27.7 Å². The van der Waals surface area contributed by atoms with Gasteiger partial charge >= 0.3 is 6.09 Å². The molecule has 1 aliphatic rings. The molecule has 33 heavy (non-hydrogen) atoms. The van der Waals surface area contributed by atoms with Crippen LogP contribution in [0.15, 0.2) is 59.0 Å². The smallest absolute Gasteiger partial charge is 0.410 e. The number of rotatable bonds is 6. The molecule has 1 amide bonds. The average Bonchev–Trinajstić information content (AvgIpc) is 2.76. The quantitative estimate of drug-likeness (QED) is 0.620. The van der Waals surface area contributed by atoms with Crippen LogP contribution in [0, 0.1) is 6.92 Å². The number of hydrazine groups is 1. The van der Waals surface area contributed by atoms with Crippen LogP contribution in [-0.2, 0) is 21.2 Å². The van der Waals surface area contributed by atoms with Gasteiger partial charge in [0.25, 0.3) is 10.0 Å². The molecule has 0 radical (unpaired) electrons. The monoisotopic (exact) mass is 473 g/mol. The van der Waals surface area contributed by atoms with E-state index in [-0.39, 0.29) is 11.0 Å². The van der Waals surface area contributed by atoms with E-state index in [0.717, 1.165) is 16.8 Å². The molecular weight excluding hydrogens is 442 g/mol. The van der Waals surface area contributed by atoms with Crippen molar-refractivity contribution in [1.82, 2.24) is 25.1 Å². The molecule has 2 N–H and O–H groups in total. The van der Waals surface area contributed by atoms with Crippen molar-refractivity contribution in [1.29, 1.82) is 0 Å². The number of nitrogens with zero attached hydrogens (tertiary/aromatic N) is 3. The first-order chi connectivity index (χ1) is 15.5. The minimum Gasteiger partial charge on any atom is -0.444 e. The molecular formula is C23H31N5O4S. The highest BCUT2D eigenvalue weighted by atomic mass is 32.2. The Balaban J connectivity index is 1.75. The summed E-state index contributed by atoms with van der Waals surface area (Å²) in [5.41, 5.74) is 5.84. The Bertz CT molecular complexity index is 1080. The first kappa shape index (κ1) is 24.7. The van der Waals surface area contributed by atoms with Gasteiger partial charge in [0.15, 0.2) is 0 Å². The summed E-state index contributed by atoms with van der Waals surface area (Å²) in [6.45, 7) is 8.39. The first-order valence-electron chi connectivity index (χ1n) is 10.8. The summed E-state index contributed by atoms with van der Waals surface area (Å²) >= 11 is 0. The molecule has 0 bridgehead atoms. The molecule has 1 saturated heterocycles. The SMILES string of the molecule is Cc1ccc(S(=O)(=O)NNC(Cc2ccncn2)=C2CCN(C(=O)OC(C)(C)C)CC2)cc1. The molecule has 3 rings (SSSR count). The molecule has 10 heteroatoms. The molecule has 0 atom stereocenters. The summed E-state index contributed by atoms with van der Waals surface area (Å²) in [7, 11) is -3.76. The molecule has 0 unspecified atom stereocenters. The van der Waals surface area contributed by atoms with E-state index in [9.17, 15) is 13.2 Å². The Labute approximate surface area is 195 Å². The second-order valence-electron chi connectivity index (χ2n) is 8.97. The maximum Gasteiger partial charge on any atom is 0.410 e. The van der Waals surface area contributed by atoms with E-state index in [4.69, 9.17) is 4.74 Å². The van der Waals surface area contributed by atoms with Crippen molar-refractivity contribution >= 4 is 16.1 Å².